The molecule has 0 spiro atoms. The summed E-state index contributed by atoms with van der Waals surface area (Å²) in [7, 11) is 0. The highest BCUT2D eigenvalue weighted by Gasteiger charge is 2.71. The van der Waals surface area contributed by atoms with E-state index in [0.717, 1.165) is 56.8 Å². The Morgan fingerprint density at radius 3 is 2.52 bits per heavy atom. The molecule has 1 aliphatic heterocycles. The van der Waals surface area contributed by atoms with Crippen molar-refractivity contribution in [2.24, 2.45) is 58.2 Å². The van der Waals surface area contributed by atoms with Crippen LogP contribution in [-0.4, -0.2) is 40.4 Å². The lowest BCUT2D eigenvalue weighted by Gasteiger charge is -2.62. The minimum absolute atomic E-state index is 0.164. The van der Waals surface area contributed by atoms with Crippen LogP contribution in [-0.2, 0) is 9.53 Å². The summed E-state index contributed by atoms with van der Waals surface area (Å²) >= 11 is 0. The highest BCUT2D eigenvalue weighted by molar-refractivity contribution is 5.79. The van der Waals surface area contributed by atoms with Crippen molar-refractivity contribution in [3.63, 3.8) is 0 Å². The van der Waals surface area contributed by atoms with Crippen LogP contribution in [0.1, 0.15) is 91.9 Å². The molecule has 6 fully saturated rings. The third kappa shape index (κ3) is 3.22. The molecule has 2 N–H and O–H groups in total. The first-order valence-electron chi connectivity index (χ1n) is 14.1. The Labute approximate surface area is 200 Å². The van der Waals surface area contributed by atoms with Gasteiger partial charge in [-0.15, -0.1) is 0 Å². The van der Waals surface area contributed by atoms with Crippen LogP contribution in [0.2, 0.25) is 0 Å². The van der Waals surface area contributed by atoms with Crippen LogP contribution in [0.25, 0.3) is 0 Å². The van der Waals surface area contributed by atoms with Gasteiger partial charge in [0.15, 0.2) is 0 Å². The first-order chi connectivity index (χ1) is 15.6. The van der Waals surface area contributed by atoms with Crippen LogP contribution in [0.15, 0.2) is 0 Å². The van der Waals surface area contributed by atoms with Crippen LogP contribution < -0.4 is 0 Å². The lowest BCUT2D eigenvalue weighted by Crippen LogP contribution is -2.60. The van der Waals surface area contributed by atoms with Crippen molar-refractivity contribution < 1.29 is 19.7 Å². The zero-order valence-corrected chi connectivity index (χ0v) is 21.3. The van der Waals surface area contributed by atoms with Crippen LogP contribution in [0, 0.1) is 58.2 Å². The lowest BCUT2D eigenvalue weighted by molar-refractivity contribution is -0.176. The number of ketones is 1. The Kier molecular flexibility index (Phi) is 5.24. The van der Waals surface area contributed by atoms with Gasteiger partial charge in [-0.3, -0.25) is 4.79 Å². The molecule has 0 aromatic carbocycles. The Morgan fingerprint density at radius 1 is 1.12 bits per heavy atom. The Bertz CT molecular complexity index is 805. The van der Waals surface area contributed by atoms with Gasteiger partial charge in [-0.2, -0.15) is 0 Å². The molecule has 5 saturated carbocycles. The molecule has 0 aromatic heterocycles. The van der Waals surface area contributed by atoms with E-state index in [9.17, 15) is 15.0 Å². The van der Waals surface area contributed by atoms with Crippen molar-refractivity contribution in [2.45, 2.75) is 110 Å². The number of aliphatic hydroxyl groups is 2. The number of epoxide rings is 1. The van der Waals surface area contributed by atoms with Gasteiger partial charge in [0.05, 0.1) is 18.8 Å². The first-order valence-corrected chi connectivity index (χ1v) is 14.1. The summed E-state index contributed by atoms with van der Waals surface area (Å²) in [6.07, 6.45) is 9.40. The molecule has 33 heavy (non-hydrogen) atoms. The minimum Gasteiger partial charge on any atom is -0.393 e. The van der Waals surface area contributed by atoms with Crippen LogP contribution in [0.4, 0.5) is 0 Å². The van der Waals surface area contributed by atoms with Gasteiger partial charge in [-0.25, -0.2) is 0 Å². The second-order valence-electron chi connectivity index (χ2n) is 14.0. The average molecular weight is 459 g/mol. The summed E-state index contributed by atoms with van der Waals surface area (Å²) in [6, 6.07) is 0. The van der Waals surface area contributed by atoms with Crippen molar-refractivity contribution in [3.8, 4) is 0 Å². The number of hydrogen-bond donors (Lipinski definition) is 2. The number of hydrogen-bond acceptors (Lipinski definition) is 4. The number of ether oxygens (including phenoxy) is 1. The molecule has 0 amide bonds. The standard InChI is InChI=1S/C29H46O4/c1-16-11-21(16)17(2)12-26(32)29(15-33-29)24-8-7-22-20-6-5-18-13-19(30)9-10-27(18,3)23(20)14-25(31)28(22,24)4/h16-18,20-26,31-32H,5-15H2,1-4H3/t16?,17-,18-,20+,21-,22+,23+,24+,25-,26-,27+,28+,29+/m1/s1. The fraction of sp³-hybridized carbons (Fsp3) is 0.966. The predicted octanol–water partition coefficient (Wildman–Crippen LogP) is 5.00. The molecule has 5 aliphatic carbocycles. The van der Waals surface area contributed by atoms with Gasteiger partial charge in [-0.05, 0) is 98.2 Å². The van der Waals surface area contributed by atoms with E-state index in [4.69, 9.17) is 4.74 Å². The van der Waals surface area contributed by atoms with E-state index < -0.39 is 11.7 Å². The van der Waals surface area contributed by atoms with Gasteiger partial charge in [0.1, 0.15) is 11.4 Å². The van der Waals surface area contributed by atoms with E-state index in [-0.39, 0.29) is 22.9 Å². The maximum atomic E-state index is 12.2. The molecule has 0 radical (unpaired) electrons. The molecule has 0 bridgehead atoms. The van der Waals surface area contributed by atoms with Gasteiger partial charge in [0, 0.05) is 24.2 Å². The van der Waals surface area contributed by atoms with Crippen molar-refractivity contribution in [1.29, 1.82) is 0 Å². The molecule has 1 heterocycles. The first kappa shape index (κ1) is 23.0. The molecule has 6 aliphatic rings. The molecular weight excluding hydrogens is 412 g/mol. The van der Waals surface area contributed by atoms with Gasteiger partial charge in [0.25, 0.3) is 0 Å². The Morgan fingerprint density at radius 2 is 1.85 bits per heavy atom. The summed E-state index contributed by atoms with van der Waals surface area (Å²) in [4.78, 5) is 12.2. The van der Waals surface area contributed by atoms with E-state index in [1.165, 1.54) is 19.3 Å². The number of carbonyl (C=O) groups excluding carboxylic acids is 1. The summed E-state index contributed by atoms with van der Waals surface area (Å²) in [6.45, 7) is 10.1. The molecule has 4 heteroatoms. The second-order valence-corrected chi connectivity index (χ2v) is 14.0. The predicted molar refractivity (Wildman–Crippen MR) is 127 cm³/mol. The molecule has 13 atom stereocenters. The minimum atomic E-state index is -0.429. The number of rotatable bonds is 5. The van der Waals surface area contributed by atoms with Gasteiger partial charge in [-0.1, -0.05) is 27.7 Å². The fourth-order valence-electron chi connectivity index (χ4n) is 10.4. The van der Waals surface area contributed by atoms with Crippen molar-refractivity contribution in [2.75, 3.05) is 6.61 Å². The van der Waals surface area contributed by atoms with E-state index >= 15 is 0 Å². The molecule has 6 rings (SSSR count). The quantitative estimate of drug-likeness (QED) is 0.569. The second kappa shape index (κ2) is 7.53. The zero-order valence-electron chi connectivity index (χ0n) is 21.3. The molecule has 1 unspecified atom stereocenters. The fourth-order valence-corrected chi connectivity index (χ4v) is 10.4. The maximum absolute atomic E-state index is 12.2. The normalized spacial score (nSPS) is 57.0. The Balaban J connectivity index is 1.24. The lowest BCUT2D eigenvalue weighted by atomic mass is 9.43. The average Bonchev–Trinajstić information content (AvgIpc) is 3.68. The van der Waals surface area contributed by atoms with E-state index in [1.807, 2.05) is 0 Å². The molecule has 186 valence electrons. The van der Waals surface area contributed by atoms with Gasteiger partial charge < -0.3 is 14.9 Å². The van der Waals surface area contributed by atoms with Crippen LogP contribution >= 0.6 is 0 Å². The zero-order chi connectivity index (χ0) is 23.3. The molecular formula is C29H46O4. The van der Waals surface area contributed by atoms with E-state index in [0.29, 0.717) is 42.0 Å². The van der Waals surface area contributed by atoms with Crippen molar-refractivity contribution in [3.05, 3.63) is 0 Å². The highest BCUT2D eigenvalue weighted by Crippen LogP contribution is 2.70. The summed E-state index contributed by atoms with van der Waals surface area (Å²) in [5.41, 5.74) is -0.384. The monoisotopic (exact) mass is 458 g/mol. The van der Waals surface area contributed by atoms with Crippen LogP contribution in [0.5, 0.6) is 0 Å². The number of Topliss-reactive ketones (excluding diaryl/α,β-unsaturated/α-hetero) is 1. The number of fused-ring (bicyclic) bond motifs is 5. The molecule has 0 aromatic rings. The third-order valence-electron chi connectivity index (χ3n) is 12.7. The summed E-state index contributed by atoms with van der Waals surface area (Å²) < 4.78 is 6.19. The topological polar surface area (TPSA) is 70.1 Å². The highest BCUT2D eigenvalue weighted by atomic mass is 16.6. The number of aliphatic hydroxyl groups excluding tert-OH is 2. The van der Waals surface area contributed by atoms with Gasteiger partial charge >= 0.3 is 0 Å². The number of carbonyl (C=O) groups is 1. The van der Waals surface area contributed by atoms with Crippen molar-refractivity contribution >= 4 is 5.78 Å². The maximum Gasteiger partial charge on any atom is 0.133 e. The smallest absolute Gasteiger partial charge is 0.133 e. The molecule has 1 saturated heterocycles. The van der Waals surface area contributed by atoms with Crippen LogP contribution in [0.3, 0.4) is 0 Å². The van der Waals surface area contributed by atoms with E-state index in [2.05, 4.69) is 27.7 Å². The SMILES string of the molecule is CC1C[C@H]1[C@H](C)C[C@@H](O)[C@@]1([C@H]2CC[C@H]3[C@@H]4CC[C@@H]5CC(=O)CC[C@]5(C)[C@H]4C[C@@H](O)[C@]23C)CO1. The third-order valence-corrected chi connectivity index (χ3v) is 12.7. The van der Waals surface area contributed by atoms with E-state index in [1.54, 1.807) is 0 Å². The summed E-state index contributed by atoms with van der Waals surface area (Å²) in [5, 5.41) is 23.2. The Hall–Kier alpha value is -0.450. The summed E-state index contributed by atoms with van der Waals surface area (Å²) in [5.74, 6) is 5.04. The van der Waals surface area contributed by atoms with Crippen molar-refractivity contribution in [1.82, 2.24) is 0 Å². The molecule has 4 nitrogen and oxygen atoms in total. The van der Waals surface area contributed by atoms with Gasteiger partial charge in [0.2, 0.25) is 0 Å². The largest absolute Gasteiger partial charge is 0.393 e.